The summed E-state index contributed by atoms with van der Waals surface area (Å²) >= 11 is 5.79. The SMILES string of the molecule is Cc1cc(Cl)ncc1C1C(=O)c2ncccc2CS1(=O)=O. The minimum Gasteiger partial charge on any atom is -0.291 e. The smallest absolute Gasteiger partial charge is 0.204 e. The fourth-order valence-corrected chi connectivity index (χ4v) is 4.62. The maximum atomic E-state index is 12.6. The summed E-state index contributed by atoms with van der Waals surface area (Å²) in [6, 6.07) is 4.78. The first-order valence-corrected chi connectivity index (χ1v) is 8.31. The second kappa shape index (κ2) is 4.89. The maximum Gasteiger partial charge on any atom is 0.204 e. The van der Waals surface area contributed by atoms with Crippen molar-refractivity contribution >= 4 is 27.2 Å². The van der Waals surface area contributed by atoms with E-state index < -0.39 is 20.9 Å². The molecule has 0 spiro atoms. The van der Waals surface area contributed by atoms with Crippen LogP contribution in [0.25, 0.3) is 0 Å². The van der Waals surface area contributed by atoms with Gasteiger partial charge in [-0.25, -0.2) is 13.4 Å². The lowest BCUT2D eigenvalue weighted by molar-refractivity contribution is 0.0978. The van der Waals surface area contributed by atoms with E-state index in [0.717, 1.165) is 0 Å². The maximum absolute atomic E-state index is 12.6. The lowest BCUT2D eigenvalue weighted by atomic mass is 10.0. The predicted octanol–water partition coefficient (Wildman–Crippen LogP) is 2.29. The van der Waals surface area contributed by atoms with E-state index in [-0.39, 0.29) is 16.6 Å². The molecule has 1 aliphatic heterocycles. The van der Waals surface area contributed by atoms with E-state index in [1.54, 1.807) is 25.1 Å². The molecule has 1 unspecified atom stereocenters. The number of aryl methyl sites for hydroxylation is 1. The molecule has 3 rings (SSSR count). The van der Waals surface area contributed by atoms with Gasteiger partial charge in [0.05, 0.1) is 5.75 Å². The lowest BCUT2D eigenvalue weighted by Gasteiger charge is -2.24. The van der Waals surface area contributed by atoms with Crippen molar-refractivity contribution in [3.63, 3.8) is 0 Å². The Bertz CT molecular complexity index is 849. The highest BCUT2D eigenvalue weighted by atomic mass is 35.5. The van der Waals surface area contributed by atoms with E-state index in [1.807, 2.05) is 0 Å². The number of ketones is 1. The van der Waals surface area contributed by atoms with Crippen LogP contribution in [0, 0.1) is 6.92 Å². The number of rotatable bonds is 1. The third kappa shape index (κ3) is 2.34. The molecule has 3 heterocycles. The van der Waals surface area contributed by atoms with Gasteiger partial charge in [0.1, 0.15) is 10.8 Å². The molecule has 0 aliphatic carbocycles. The highest BCUT2D eigenvalue weighted by Crippen LogP contribution is 2.36. The highest BCUT2D eigenvalue weighted by molar-refractivity contribution is 7.91. The molecule has 1 aliphatic rings. The molecule has 21 heavy (non-hydrogen) atoms. The van der Waals surface area contributed by atoms with E-state index >= 15 is 0 Å². The van der Waals surface area contributed by atoms with Crippen LogP contribution in [0.3, 0.4) is 0 Å². The molecule has 5 nitrogen and oxygen atoms in total. The van der Waals surface area contributed by atoms with E-state index in [1.165, 1.54) is 12.4 Å². The molecule has 0 bridgehead atoms. The molecular weight excluding hydrogens is 312 g/mol. The topological polar surface area (TPSA) is 77.0 Å². The van der Waals surface area contributed by atoms with Gasteiger partial charge in [-0.05, 0) is 35.7 Å². The average Bonchev–Trinajstić information content (AvgIpc) is 2.40. The zero-order chi connectivity index (χ0) is 15.2. The van der Waals surface area contributed by atoms with Crippen LogP contribution in [0.5, 0.6) is 0 Å². The van der Waals surface area contributed by atoms with E-state index in [2.05, 4.69) is 9.97 Å². The van der Waals surface area contributed by atoms with E-state index in [0.29, 0.717) is 16.7 Å². The summed E-state index contributed by atoms with van der Waals surface area (Å²) in [5.74, 6) is -0.710. The Morgan fingerprint density at radius 3 is 2.81 bits per heavy atom. The number of sulfone groups is 1. The van der Waals surface area contributed by atoms with Gasteiger partial charge in [0, 0.05) is 12.4 Å². The van der Waals surface area contributed by atoms with Crippen molar-refractivity contribution < 1.29 is 13.2 Å². The molecule has 0 saturated carbocycles. The summed E-state index contributed by atoms with van der Waals surface area (Å²) < 4.78 is 25.0. The quantitative estimate of drug-likeness (QED) is 0.753. The van der Waals surface area contributed by atoms with Gasteiger partial charge in [0.25, 0.3) is 0 Å². The fourth-order valence-electron chi connectivity index (χ4n) is 2.51. The Balaban J connectivity index is 2.21. The number of hydrogen-bond donors (Lipinski definition) is 0. The number of fused-ring (bicyclic) bond motifs is 1. The zero-order valence-corrected chi connectivity index (χ0v) is 12.6. The van der Waals surface area contributed by atoms with Crippen LogP contribution in [0.4, 0.5) is 0 Å². The number of pyridine rings is 2. The molecule has 2 aromatic rings. The largest absolute Gasteiger partial charge is 0.291 e. The number of Topliss-reactive ketones (excluding diaryl/α,β-unsaturated/α-hetero) is 1. The average molecular weight is 323 g/mol. The van der Waals surface area contributed by atoms with Gasteiger partial charge >= 0.3 is 0 Å². The van der Waals surface area contributed by atoms with Crippen molar-refractivity contribution in [3.8, 4) is 0 Å². The number of hydrogen-bond acceptors (Lipinski definition) is 5. The Morgan fingerprint density at radius 2 is 2.10 bits per heavy atom. The van der Waals surface area contributed by atoms with Crippen molar-refractivity contribution in [2.24, 2.45) is 0 Å². The minimum absolute atomic E-state index is 0.200. The standard InChI is InChI=1S/C14H11ClN2O3S/c1-8-5-11(15)17-6-10(8)14-13(18)12-9(3-2-4-16-12)7-21(14,19)20/h2-6,14H,7H2,1H3. The molecule has 0 aromatic carbocycles. The van der Waals surface area contributed by atoms with Crippen molar-refractivity contribution in [3.05, 3.63) is 58.1 Å². The number of carbonyl (C=O) groups is 1. The number of aromatic nitrogens is 2. The van der Waals surface area contributed by atoms with Crippen LogP contribution in [0.1, 0.15) is 32.4 Å². The molecule has 108 valence electrons. The van der Waals surface area contributed by atoms with Gasteiger partial charge in [0.15, 0.2) is 15.1 Å². The summed E-state index contributed by atoms with van der Waals surface area (Å²) in [7, 11) is -3.65. The first kappa shape index (κ1) is 14.2. The monoisotopic (exact) mass is 322 g/mol. The summed E-state index contributed by atoms with van der Waals surface area (Å²) in [4.78, 5) is 20.5. The number of nitrogens with zero attached hydrogens (tertiary/aromatic N) is 2. The van der Waals surface area contributed by atoms with Crippen molar-refractivity contribution in [2.75, 3.05) is 0 Å². The molecule has 0 radical (unpaired) electrons. The molecule has 0 saturated heterocycles. The molecule has 2 aromatic heterocycles. The molecule has 0 fully saturated rings. The summed E-state index contributed by atoms with van der Waals surface area (Å²) in [6.45, 7) is 1.71. The third-order valence-corrected chi connectivity index (χ3v) is 5.59. The second-order valence-electron chi connectivity index (χ2n) is 4.93. The van der Waals surface area contributed by atoms with Crippen LogP contribution in [-0.4, -0.2) is 24.2 Å². The van der Waals surface area contributed by atoms with Gasteiger partial charge in [-0.15, -0.1) is 0 Å². The van der Waals surface area contributed by atoms with Crippen LogP contribution < -0.4 is 0 Å². The molecular formula is C14H11ClN2O3S. The summed E-state index contributed by atoms with van der Waals surface area (Å²) in [6.07, 6.45) is 2.84. The van der Waals surface area contributed by atoms with Gasteiger partial charge < -0.3 is 0 Å². The highest BCUT2D eigenvalue weighted by Gasteiger charge is 2.42. The van der Waals surface area contributed by atoms with Crippen molar-refractivity contribution in [1.82, 2.24) is 9.97 Å². The first-order chi connectivity index (χ1) is 9.90. The number of halogens is 1. The summed E-state index contributed by atoms with van der Waals surface area (Å²) in [5.41, 5.74) is 1.64. The second-order valence-corrected chi connectivity index (χ2v) is 7.40. The fraction of sp³-hybridized carbons (Fsp3) is 0.214. The first-order valence-electron chi connectivity index (χ1n) is 6.22. The van der Waals surface area contributed by atoms with Gasteiger partial charge in [-0.3, -0.25) is 9.78 Å². The zero-order valence-electron chi connectivity index (χ0n) is 11.1. The van der Waals surface area contributed by atoms with Crippen LogP contribution in [0.2, 0.25) is 5.15 Å². The minimum atomic E-state index is -3.65. The van der Waals surface area contributed by atoms with Crippen LogP contribution >= 0.6 is 11.6 Å². The molecule has 1 atom stereocenters. The van der Waals surface area contributed by atoms with Gasteiger partial charge in [-0.2, -0.15) is 0 Å². The molecule has 7 heteroatoms. The third-order valence-electron chi connectivity index (χ3n) is 3.48. The van der Waals surface area contributed by atoms with Crippen molar-refractivity contribution in [1.29, 1.82) is 0 Å². The Kier molecular flexibility index (Phi) is 3.30. The predicted molar refractivity (Wildman–Crippen MR) is 77.9 cm³/mol. The lowest BCUT2D eigenvalue weighted by Crippen LogP contribution is -2.31. The van der Waals surface area contributed by atoms with Gasteiger partial charge in [-0.1, -0.05) is 17.7 Å². The Labute approximate surface area is 126 Å². The van der Waals surface area contributed by atoms with Crippen LogP contribution in [-0.2, 0) is 15.6 Å². The molecule has 0 amide bonds. The van der Waals surface area contributed by atoms with Gasteiger partial charge in [0.2, 0.25) is 5.78 Å². The summed E-state index contributed by atoms with van der Waals surface area (Å²) in [5, 5.41) is -1.000. The van der Waals surface area contributed by atoms with E-state index in [9.17, 15) is 13.2 Å². The number of carbonyl (C=O) groups excluding carboxylic acids is 1. The normalized spacial score (nSPS) is 20.1. The molecule has 0 N–H and O–H groups in total. The Hall–Kier alpha value is -1.79. The van der Waals surface area contributed by atoms with Crippen molar-refractivity contribution in [2.45, 2.75) is 17.9 Å². The van der Waals surface area contributed by atoms with Crippen LogP contribution in [0.15, 0.2) is 30.6 Å². The van der Waals surface area contributed by atoms with E-state index in [4.69, 9.17) is 11.6 Å². The Morgan fingerprint density at radius 1 is 1.33 bits per heavy atom.